The van der Waals surface area contributed by atoms with Crippen LogP contribution in [0.1, 0.15) is 73.3 Å². The Balaban J connectivity index is 1.36. The van der Waals surface area contributed by atoms with Gasteiger partial charge in [-0.15, -0.1) is 0 Å². The number of benzene rings is 4. The summed E-state index contributed by atoms with van der Waals surface area (Å²) in [7, 11) is 3.39. The Labute approximate surface area is 290 Å². The Bertz CT molecular complexity index is 1950. The first-order valence-corrected chi connectivity index (χ1v) is 17.9. The molecule has 2 saturated heterocycles. The average molecular weight is 651 g/mol. The molecule has 0 spiro atoms. The van der Waals surface area contributed by atoms with E-state index in [1.165, 1.54) is 59.3 Å². The molecule has 0 radical (unpaired) electrons. The zero-order valence-electron chi connectivity index (χ0n) is 29.2. The molecule has 0 saturated carbocycles. The summed E-state index contributed by atoms with van der Waals surface area (Å²) in [6.07, 6.45) is 15.9. The van der Waals surface area contributed by atoms with Crippen molar-refractivity contribution in [1.29, 1.82) is 0 Å². The predicted molar refractivity (Wildman–Crippen MR) is 204 cm³/mol. The number of anilines is 2. The number of methoxy groups -OCH3 is 2. The molecule has 0 aromatic heterocycles. The highest BCUT2D eigenvalue weighted by Crippen LogP contribution is 2.56. The van der Waals surface area contributed by atoms with Crippen molar-refractivity contribution in [2.45, 2.75) is 51.0 Å². The van der Waals surface area contributed by atoms with E-state index < -0.39 is 5.60 Å². The summed E-state index contributed by atoms with van der Waals surface area (Å²) in [5.41, 5.74) is 9.91. The molecule has 3 heterocycles. The van der Waals surface area contributed by atoms with Crippen LogP contribution in [0, 0.1) is 0 Å². The maximum atomic E-state index is 7.57. The molecule has 250 valence electrons. The van der Waals surface area contributed by atoms with E-state index in [0.717, 1.165) is 59.4 Å². The first-order valence-electron chi connectivity index (χ1n) is 17.9. The summed E-state index contributed by atoms with van der Waals surface area (Å²) in [5.74, 6) is 2.38. The monoisotopic (exact) mass is 650 g/mol. The van der Waals surface area contributed by atoms with E-state index >= 15 is 0 Å². The highest BCUT2D eigenvalue weighted by atomic mass is 16.5. The van der Waals surface area contributed by atoms with E-state index in [2.05, 4.69) is 115 Å². The minimum atomic E-state index is -0.836. The van der Waals surface area contributed by atoms with Crippen molar-refractivity contribution >= 4 is 33.8 Å². The van der Waals surface area contributed by atoms with Crippen LogP contribution in [-0.4, -0.2) is 40.4 Å². The maximum Gasteiger partial charge on any atom is 0.178 e. The lowest BCUT2D eigenvalue weighted by Gasteiger charge is -2.38. The summed E-state index contributed by atoms with van der Waals surface area (Å²) in [6.45, 7) is 13.1. The third-order valence-corrected chi connectivity index (χ3v) is 11.2. The van der Waals surface area contributed by atoms with Crippen LogP contribution >= 0.6 is 0 Å². The standard InChI is InChI=1S/C44H46N2O3/c1-6-12-35-34(7-2)29(3)41-36-21-22-44(30-13-17-32(18-14-30)45-23-8-9-24-45,31-15-19-33(20-16-31)46-25-10-11-26-46)49-43(36)38-28-40(48-5)39(47-4)27-37(38)42(35)41/h6-7,12-22,27-29H,2,8-11,23-26H2,1,3-5H3/b12-6-. The molecule has 0 N–H and O–H groups in total. The molecule has 1 unspecified atom stereocenters. The van der Waals surface area contributed by atoms with Gasteiger partial charge in [-0.05, 0) is 103 Å². The lowest BCUT2D eigenvalue weighted by molar-refractivity contribution is 0.163. The summed E-state index contributed by atoms with van der Waals surface area (Å²) in [5, 5.41) is 2.09. The quantitative estimate of drug-likeness (QED) is 0.190. The van der Waals surface area contributed by atoms with Gasteiger partial charge in [-0.3, -0.25) is 0 Å². The zero-order valence-corrected chi connectivity index (χ0v) is 29.2. The van der Waals surface area contributed by atoms with Crippen molar-refractivity contribution < 1.29 is 14.2 Å². The Hall–Kier alpha value is -4.90. The molecule has 5 nitrogen and oxygen atoms in total. The number of allylic oxidation sites excluding steroid dienone is 5. The van der Waals surface area contributed by atoms with Gasteiger partial charge in [0, 0.05) is 65.5 Å². The Morgan fingerprint density at radius 3 is 1.82 bits per heavy atom. The first-order chi connectivity index (χ1) is 24.0. The SMILES string of the molecule is C=CC1=C(/C=C\C)c2c(c3c(c4cc(OC)c(OC)cc24)OC(c2ccc(N4CCCC4)cc2)(c2ccc(N4CCCC4)cc2)C=C3)C1C. The van der Waals surface area contributed by atoms with Crippen LogP contribution in [0.5, 0.6) is 17.2 Å². The second-order valence-corrected chi connectivity index (χ2v) is 13.7. The molecule has 0 amide bonds. The molecule has 5 heteroatoms. The largest absolute Gasteiger partial charge is 0.493 e. The Kier molecular flexibility index (Phi) is 8.02. The predicted octanol–water partition coefficient (Wildman–Crippen LogP) is 10.0. The van der Waals surface area contributed by atoms with Crippen molar-refractivity contribution in [1.82, 2.24) is 0 Å². The number of fused-ring (bicyclic) bond motifs is 6. The van der Waals surface area contributed by atoms with Gasteiger partial charge in [-0.25, -0.2) is 0 Å². The van der Waals surface area contributed by atoms with Crippen LogP contribution in [0.25, 0.3) is 22.4 Å². The fraction of sp³-hybridized carbons (Fsp3) is 0.318. The smallest absolute Gasteiger partial charge is 0.178 e. The van der Waals surface area contributed by atoms with E-state index in [1.807, 2.05) is 6.08 Å². The maximum absolute atomic E-state index is 7.57. The average Bonchev–Trinajstić information content (AvgIpc) is 3.94. The van der Waals surface area contributed by atoms with E-state index in [0.29, 0.717) is 11.5 Å². The number of rotatable bonds is 8. The minimum absolute atomic E-state index is 0.144. The van der Waals surface area contributed by atoms with Gasteiger partial charge in [-0.2, -0.15) is 0 Å². The normalized spacial score (nSPS) is 19.5. The molecular weight excluding hydrogens is 604 g/mol. The topological polar surface area (TPSA) is 34.2 Å². The highest BCUT2D eigenvalue weighted by Gasteiger charge is 2.41. The number of nitrogens with zero attached hydrogens (tertiary/aromatic N) is 2. The fourth-order valence-electron chi connectivity index (χ4n) is 8.67. The molecule has 4 aromatic carbocycles. The van der Waals surface area contributed by atoms with E-state index in [9.17, 15) is 0 Å². The molecule has 49 heavy (non-hydrogen) atoms. The zero-order chi connectivity index (χ0) is 33.7. The number of hydrogen-bond acceptors (Lipinski definition) is 5. The molecule has 0 bridgehead atoms. The molecular formula is C44H46N2O3. The molecule has 2 fully saturated rings. The van der Waals surface area contributed by atoms with Crippen LogP contribution in [0.15, 0.2) is 97.1 Å². The van der Waals surface area contributed by atoms with Gasteiger partial charge in [0.2, 0.25) is 0 Å². The van der Waals surface area contributed by atoms with Crippen LogP contribution in [0.3, 0.4) is 0 Å². The van der Waals surface area contributed by atoms with Crippen LogP contribution in [0.4, 0.5) is 11.4 Å². The van der Waals surface area contributed by atoms with Gasteiger partial charge in [-0.1, -0.05) is 62.1 Å². The van der Waals surface area contributed by atoms with Gasteiger partial charge in [0.15, 0.2) is 17.1 Å². The fourth-order valence-corrected chi connectivity index (χ4v) is 8.67. The van der Waals surface area contributed by atoms with Crippen LogP contribution in [0.2, 0.25) is 0 Å². The lowest BCUT2D eigenvalue weighted by atomic mass is 9.80. The summed E-state index contributed by atoms with van der Waals surface area (Å²) in [4.78, 5) is 4.97. The van der Waals surface area contributed by atoms with Gasteiger partial charge in [0.05, 0.1) is 14.2 Å². The Morgan fingerprint density at radius 1 is 0.796 bits per heavy atom. The third kappa shape index (κ3) is 4.96. The van der Waals surface area contributed by atoms with Gasteiger partial charge in [0.1, 0.15) is 5.75 Å². The molecule has 8 rings (SSSR count). The second-order valence-electron chi connectivity index (χ2n) is 13.7. The molecule has 4 aliphatic rings. The van der Waals surface area contributed by atoms with Crippen molar-refractivity contribution in [3.8, 4) is 17.2 Å². The van der Waals surface area contributed by atoms with Crippen LogP contribution < -0.4 is 24.0 Å². The van der Waals surface area contributed by atoms with E-state index in [1.54, 1.807) is 14.2 Å². The Morgan fingerprint density at radius 2 is 1.33 bits per heavy atom. The molecule has 1 aliphatic carbocycles. The van der Waals surface area contributed by atoms with Crippen LogP contribution in [-0.2, 0) is 5.60 Å². The highest BCUT2D eigenvalue weighted by molar-refractivity contribution is 6.08. The van der Waals surface area contributed by atoms with Crippen molar-refractivity contribution in [2.24, 2.45) is 0 Å². The summed E-state index contributed by atoms with van der Waals surface area (Å²) >= 11 is 0. The number of ether oxygens (including phenoxy) is 3. The summed E-state index contributed by atoms with van der Waals surface area (Å²) < 4.78 is 19.3. The van der Waals surface area contributed by atoms with E-state index in [-0.39, 0.29) is 5.92 Å². The van der Waals surface area contributed by atoms with E-state index in [4.69, 9.17) is 14.2 Å². The summed E-state index contributed by atoms with van der Waals surface area (Å²) in [6, 6.07) is 22.4. The number of hydrogen-bond donors (Lipinski definition) is 0. The second kappa shape index (κ2) is 12.5. The van der Waals surface area contributed by atoms with Crippen molar-refractivity contribution in [3.05, 3.63) is 125 Å². The third-order valence-electron chi connectivity index (χ3n) is 11.2. The first kappa shape index (κ1) is 31.4. The lowest BCUT2D eigenvalue weighted by Crippen LogP contribution is -2.35. The minimum Gasteiger partial charge on any atom is -0.493 e. The van der Waals surface area contributed by atoms with Crippen molar-refractivity contribution in [3.63, 3.8) is 0 Å². The van der Waals surface area contributed by atoms with Crippen molar-refractivity contribution in [2.75, 3.05) is 50.2 Å². The van der Waals surface area contributed by atoms with Gasteiger partial charge < -0.3 is 24.0 Å². The molecule has 4 aromatic rings. The van der Waals surface area contributed by atoms with Gasteiger partial charge >= 0.3 is 0 Å². The van der Waals surface area contributed by atoms with Gasteiger partial charge in [0.25, 0.3) is 0 Å². The molecule has 1 atom stereocenters. The molecule has 3 aliphatic heterocycles.